The molecular formula is C21H17ClN8. The van der Waals surface area contributed by atoms with Gasteiger partial charge in [-0.1, -0.05) is 23.7 Å². The van der Waals surface area contributed by atoms with Crippen LogP contribution in [0.25, 0.3) is 16.9 Å². The molecule has 0 unspecified atom stereocenters. The molecule has 0 radical (unpaired) electrons. The molecule has 0 fully saturated rings. The van der Waals surface area contributed by atoms with Crippen LogP contribution < -0.4 is 5.32 Å². The van der Waals surface area contributed by atoms with Crippen LogP contribution >= 0.6 is 11.6 Å². The van der Waals surface area contributed by atoms with E-state index in [1.54, 1.807) is 23.4 Å². The number of fused-ring (bicyclic) bond motifs is 1. The lowest BCUT2D eigenvalue weighted by atomic mass is 10.1. The second kappa shape index (κ2) is 7.57. The van der Waals surface area contributed by atoms with Crippen LogP contribution in [0.5, 0.6) is 0 Å². The highest BCUT2D eigenvalue weighted by Gasteiger charge is 2.10. The van der Waals surface area contributed by atoms with Crippen LogP contribution in [0.3, 0.4) is 0 Å². The Morgan fingerprint density at radius 3 is 2.77 bits per heavy atom. The standard InChI is InChI=1S/C21H17ClN8/c1-29-19(6-8-25-29)26-18-11-15(5-7-23-18)17-12-21-28-27-20(30(21)13-24-17)10-14-3-2-4-16(22)9-14/h2-9,11-13H,10H2,1H3,(H,23,26). The van der Waals surface area contributed by atoms with Crippen LogP contribution in [0.4, 0.5) is 11.6 Å². The van der Waals surface area contributed by atoms with Gasteiger partial charge in [0.15, 0.2) is 5.65 Å². The molecule has 0 saturated carbocycles. The van der Waals surface area contributed by atoms with Gasteiger partial charge in [0, 0.05) is 42.4 Å². The molecule has 5 rings (SSSR count). The number of nitrogens with zero attached hydrogens (tertiary/aromatic N) is 7. The number of aromatic nitrogens is 7. The Balaban J connectivity index is 1.43. The average Bonchev–Trinajstić information content (AvgIpc) is 3.34. The number of hydrogen-bond donors (Lipinski definition) is 1. The van der Waals surface area contributed by atoms with E-state index in [1.807, 2.05) is 60.0 Å². The Morgan fingerprint density at radius 2 is 1.93 bits per heavy atom. The van der Waals surface area contributed by atoms with Crippen molar-refractivity contribution < 1.29 is 0 Å². The van der Waals surface area contributed by atoms with Gasteiger partial charge < -0.3 is 5.32 Å². The Morgan fingerprint density at radius 1 is 1.00 bits per heavy atom. The van der Waals surface area contributed by atoms with Gasteiger partial charge in [0.1, 0.15) is 23.8 Å². The number of aryl methyl sites for hydroxylation is 1. The van der Waals surface area contributed by atoms with Gasteiger partial charge in [0.25, 0.3) is 0 Å². The molecule has 0 aliphatic heterocycles. The van der Waals surface area contributed by atoms with Gasteiger partial charge in [-0.15, -0.1) is 10.2 Å². The van der Waals surface area contributed by atoms with Gasteiger partial charge in [-0.3, -0.25) is 9.08 Å². The minimum Gasteiger partial charge on any atom is -0.325 e. The van der Waals surface area contributed by atoms with E-state index in [1.165, 1.54) is 0 Å². The van der Waals surface area contributed by atoms with Crippen molar-refractivity contribution in [1.29, 1.82) is 0 Å². The van der Waals surface area contributed by atoms with Crippen LogP contribution in [0, 0.1) is 0 Å². The summed E-state index contributed by atoms with van der Waals surface area (Å²) in [6, 6.07) is 15.4. The highest BCUT2D eigenvalue weighted by molar-refractivity contribution is 6.30. The third-order valence-corrected chi connectivity index (χ3v) is 4.99. The summed E-state index contributed by atoms with van der Waals surface area (Å²) in [6.45, 7) is 0. The average molecular weight is 417 g/mol. The number of benzene rings is 1. The third kappa shape index (κ3) is 3.60. The number of halogens is 1. The summed E-state index contributed by atoms with van der Waals surface area (Å²) in [5.74, 6) is 2.37. The zero-order valence-corrected chi connectivity index (χ0v) is 16.8. The van der Waals surface area contributed by atoms with E-state index >= 15 is 0 Å². The highest BCUT2D eigenvalue weighted by Crippen LogP contribution is 2.23. The SMILES string of the molecule is Cn1nccc1Nc1cc(-c2cc3nnc(Cc4cccc(Cl)c4)n3cn2)ccn1. The van der Waals surface area contributed by atoms with Gasteiger partial charge in [0.2, 0.25) is 0 Å². The predicted molar refractivity (Wildman–Crippen MR) is 115 cm³/mol. The molecule has 4 aromatic heterocycles. The number of anilines is 2. The first-order valence-corrected chi connectivity index (χ1v) is 9.69. The monoisotopic (exact) mass is 416 g/mol. The Bertz CT molecular complexity index is 1340. The molecule has 1 aromatic carbocycles. The molecule has 0 bridgehead atoms. The van der Waals surface area contributed by atoms with Gasteiger partial charge in [0.05, 0.1) is 11.9 Å². The van der Waals surface area contributed by atoms with Crippen LogP contribution in [0.2, 0.25) is 5.02 Å². The second-order valence-corrected chi connectivity index (χ2v) is 7.26. The van der Waals surface area contributed by atoms with E-state index in [0.29, 0.717) is 17.3 Å². The fourth-order valence-electron chi connectivity index (χ4n) is 3.24. The topological polar surface area (TPSA) is 85.8 Å². The van der Waals surface area contributed by atoms with E-state index in [-0.39, 0.29) is 0 Å². The molecule has 30 heavy (non-hydrogen) atoms. The normalized spacial score (nSPS) is 11.1. The highest BCUT2D eigenvalue weighted by atomic mass is 35.5. The van der Waals surface area contributed by atoms with Gasteiger partial charge in [-0.25, -0.2) is 9.97 Å². The van der Waals surface area contributed by atoms with Crippen molar-refractivity contribution in [3.05, 3.63) is 83.7 Å². The van der Waals surface area contributed by atoms with Crippen molar-refractivity contribution in [1.82, 2.24) is 34.3 Å². The molecule has 5 aromatic rings. The molecule has 0 spiro atoms. The third-order valence-electron chi connectivity index (χ3n) is 4.75. The minimum absolute atomic E-state index is 0.622. The van der Waals surface area contributed by atoms with Crippen LogP contribution in [0.15, 0.2) is 67.3 Å². The van der Waals surface area contributed by atoms with Gasteiger partial charge >= 0.3 is 0 Å². The summed E-state index contributed by atoms with van der Waals surface area (Å²) < 4.78 is 3.64. The first-order chi connectivity index (χ1) is 14.7. The summed E-state index contributed by atoms with van der Waals surface area (Å²) in [5.41, 5.74) is 3.52. The molecule has 0 aliphatic rings. The van der Waals surface area contributed by atoms with E-state index in [4.69, 9.17) is 11.6 Å². The first kappa shape index (κ1) is 18.3. The second-order valence-electron chi connectivity index (χ2n) is 6.82. The van der Waals surface area contributed by atoms with Crippen LogP contribution in [0.1, 0.15) is 11.4 Å². The van der Waals surface area contributed by atoms with Crippen LogP contribution in [-0.2, 0) is 13.5 Å². The fourth-order valence-corrected chi connectivity index (χ4v) is 3.45. The summed E-state index contributed by atoms with van der Waals surface area (Å²) in [6.07, 6.45) is 5.85. The van der Waals surface area contributed by atoms with Crippen molar-refractivity contribution in [2.24, 2.45) is 7.05 Å². The van der Waals surface area contributed by atoms with Crippen molar-refractivity contribution in [3.8, 4) is 11.3 Å². The number of nitrogens with one attached hydrogen (secondary N) is 1. The molecule has 0 atom stereocenters. The van der Waals surface area contributed by atoms with E-state index < -0.39 is 0 Å². The fraction of sp³-hybridized carbons (Fsp3) is 0.0952. The zero-order valence-electron chi connectivity index (χ0n) is 16.1. The number of hydrogen-bond acceptors (Lipinski definition) is 6. The lowest BCUT2D eigenvalue weighted by molar-refractivity contribution is 0.776. The maximum Gasteiger partial charge on any atom is 0.164 e. The molecule has 4 heterocycles. The zero-order chi connectivity index (χ0) is 20.5. The van der Waals surface area contributed by atoms with Crippen molar-refractivity contribution in [3.63, 3.8) is 0 Å². The molecule has 0 aliphatic carbocycles. The lowest BCUT2D eigenvalue weighted by Gasteiger charge is -2.08. The first-order valence-electron chi connectivity index (χ1n) is 9.31. The number of pyridine rings is 1. The molecule has 1 N–H and O–H groups in total. The smallest absolute Gasteiger partial charge is 0.164 e. The van der Waals surface area contributed by atoms with Gasteiger partial charge in [-0.2, -0.15) is 5.10 Å². The minimum atomic E-state index is 0.622. The van der Waals surface area contributed by atoms with Crippen LogP contribution in [-0.4, -0.2) is 34.3 Å². The Hall–Kier alpha value is -3.78. The Kier molecular flexibility index (Phi) is 4.61. The van der Waals surface area contributed by atoms with Crippen molar-refractivity contribution in [2.75, 3.05) is 5.32 Å². The maximum absolute atomic E-state index is 6.09. The number of rotatable bonds is 5. The summed E-state index contributed by atoms with van der Waals surface area (Å²) in [7, 11) is 1.87. The molecule has 148 valence electrons. The maximum atomic E-state index is 6.09. The van der Waals surface area contributed by atoms with E-state index in [0.717, 1.165) is 34.1 Å². The van der Waals surface area contributed by atoms with Crippen molar-refractivity contribution in [2.45, 2.75) is 6.42 Å². The summed E-state index contributed by atoms with van der Waals surface area (Å²) >= 11 is 6.09. The molecule has 0 amide bonds. The quantitative estimate of drug-likeness (QED) is 0.467. The Labute approximate surface area is 177 Å². The predicted octanol–water partition coefficient (Wildman–Crippen LogP) is 3.91. The van der Waals surface area contributed by atoms with E-state index in [2.05, 4.69) is 30.6 Å². The molecule has 9 heteroatoms. The summed E-state index contributed by atoms with van der Waals surface area (Å²) in [4.78, 5) is 8.99. The molecule has 0 saturated heterocycles. The van der Waals surface area contributed by atoms with Gasteiger partial charge in [-0.05, 0) is 29.8 Å². The largest absolute Gasteiger partial charge is 0.325 e. The summed E-state index contributed by atoms with van der Waals surface area (Å²) in [5, 5.41) is 16.8. The van der Waals surface area contributed by atoms with Crippen molar-refractivity contribution >= 4 is 28.9 Å². The van der Waals surface area contributed by atoms with E-state index in [9.17, 15) is 0 Å². The molecule has 8 nitrogen and oxygen atoms in total. The lowest BCUT2D eigenvalue weighted by Crippen LogP contribution is -2.01. The molecular weight excluding hydrogens is 400 g/mol.